The van der Waals surface area contributed by atoms with Crippen molar-refractivity contribution in [2.75, 3.05) is 20.8 Å². The zero-order valence-electron chi connectivity index (χ0n) is 12.2. The molecule has 0 heterocycles. The Morgan fingerprint density at radius 2 is 1.79 bits per heavy atom. The number of ether oxygens (including phenoxy) is 2. The Labute approximate surface area is 116 Å². The van der Waals surface area contributed by atoms with Crippen molar-refractivity contribution in [3.8, 4) is 0 Å². The highest BCUT2D eigenvalue weighted by Crippen LogP contribution is 2.41. The van der Waals surface area contributed by atoms with Crippen LogP contribution >= 0.6 is 0 Å². The molecule has 2 rings (SSSR count). The third kappa shape index (κ3) is 3.48. The number of carbonyl (C=O) groups excluding carboxylic acids is 1. The lowest BCUT2D eigenvalue weighted by molar-refractivity contribution is -0.154. The molecule has 1 unspecified atom stereocenters. The van der Waals surface area contributed by atoms with Crippen LogP contribution in [0.2, 0.25) is 0 Å². The monoisotopic (exact) mass is 269 g/mol. The molecule has 0 saturated heterocycles. The average Bonchev–Trinajstić information content (AvgIpc) is 3.27. The maximum Gasteiger partial charge on any atom is 0.328 e. The molecule has 110 valence electrons. The normalized spacial score (nSPS) is 24.5. The van der Waals surface area contributed by atoms with Crippen LogP contribution < -0.4 is 5.32 Å². The average molecular weight is 269 g/mol. The van der Waals surface area contributed by atoms with Gasteiger partial charge in [0.05, 0.1) is 19.8 Å². The molecule has 4 heteroatoms. The summed E-state index contributed by atoms with van der Waals surface area (Å²) in [5.74, 6) is 0.196. The summed E-state index contributed by atoms with van der Waals surface area (Å²) in [6.07, 6.45) is 9.88. The summed E-state index contributed by atoms with van der Waals surface area (Å²) in [5, 5.41) is 3.18. The van der Waals surface area contributed by atoms with Gasteiger partial charge in [0.15, 0.2) is 0 Å². The zero-order chi connectivity index (χ0) is 13.7. The second-order valence-electron chi connectivity index (χ2n) is 5.91. The van der Waals surface area contributed by atoms with Crippen LogP contribution in [-0.2, 0) is 14.3 Å². The van der Waals surface area contributed by atoms with Crippen LogP contribution in [0.15, 0.2) is 0 Å². The summed E-state index contributed by atoms with van der Waals surface area (Å²) in [7, 11) is 3.30. The van der Waals surface area contributed by atoms with Crippen molar-refractivity contribution in [2.24, 2.45) is 5.92 Å². The number of hydrogen-bond donors (Lipinski definition) is 1. The fraction of sp³-hybridized carbons (Fsp3) is 0.933. The first-order chi connectivity index (χ1) is 9.23. The Bertz CT molecular complexity index is 296. The van der Waals surface area contributed by atoms with Gasteiger partial charge in [0.25, 0.3) is 0 Å². The smallest absolute Gasteiger partial charge is 0.328 e. The second-order valence-corrected chi connectivity index (χ2v) is 5.91. The molecule has 4 nitrogen and oxygen atoms in total. The summed E-state index contributed by atoms with van der Waals surface area (Å²) in [4.78, 5) is 12.1. The fourth-order valence-electron chi connectivity index (χ4n) is 3.14. The van der Waals surface area contributed by atoms with E-state index < -0.39 is 5.54 Å². The molecule has 0 radical (unpaired) electrons. The van der Waals surface area contributed by atoms with Gasteiger partial charge < -0.3 is 14.8 Å². The van der Waals surface area contributed by atoms with Crippen LogP contribution in [0.4, 0.5) is 0 Å². The number of likely N-dealkylation sites (N-methyl/N-ethyl adjacent to an activating group) is 1. The number of esters is 1. The second kappa shape index (κ2) is 6.71. The standard InChI is InChI=1S/C15H27NO3/c1-16-15(12-9-10-12,14(17)18-2)11-19-13-7-5-3-4-6-8-13/h12-13,16H,3-11H2,1-2H3. The molecule has 1 atom stereocenters. The molecule has 2 aliphatic rings. The maximum atomic E-state index is 12.1. The van der Waals surface area contributed by atoms with Crippen LogP contribution in [-0.4, -0.2) is 38.4 Å². The van der Waals surface area contributed by atoms with E-state index in [0.29, 0.717) is 18.6 Å². The van der Waals surface area contributed by atoms with Crippen LogP contribution in [0.25, 0.3) is 0 Å². The summed E-state index contributed by atoms with van der Waals surface area (Å²) in [5.41, 5.74) is -0.624. The highest BCUT2D eigenvalue weighted by molar-refractivity contribution is 5.82. The fourth-order valence-corrected chi connectivity index (χ4v) is 3.14. The lowest BCUT2D eigenvalue weighted by atomic mass is 9.94. The van der Waals surface area contributed by atoms with Gasteiger partial charge >= 0.3 is 5.97 Å². The molecular formula is C15H27NO3. The van der Waals surface area contributed by atoms with Gasteiger partial charge in [-0.1, -0.05) is 25.7 Å². The number of rotatable bonds is 6. The third-order valence-electron chi connectivity index (χ3n) is 4.62. The Morgan fingerprint density at radius 1 is 1.16 bits per heavy atom. The maximum absolute atomic E-state index is 12.1. The number of carbonyl (C=O) groups is 1. The first-order valence-electron chi connectivity index (χ1n) is 7.62. The number of methoxy groups -OCH3 is 1. The van der Waals surface area contributed by atoms with Crippen molar-refractivity contribution in [1.82, 2.24) is 5.32 Å². The molecule has 0 amide bonds. The lowest BCUT2D eigenvalue weighted by Crippen LogP contribution is -2.57. The van der Waals surface area contributed by atoms with Gasteiger partial charge in [-0.3, -0.25) is 0 Å². The largest absolute Gasteiger partial charge is 0.468 e. The third-order valence-corrected chi connectivity index (χ3v) is 4.62. The highest BCUT2D eigenvalue weighted by atomic mass is 16.5. The van der Waals surface area contributed by atoms with E-state index in [1.165, 1.54) is 32.8 Å². The van der Waals surface area contributed by atoms with Crippen LogP contribution in [0, 0.1) is 5.92 Å². The van der Waals surface area contributed by atoms with Gasteiger partial charge in [-0.15, -0.1) is 0 Å². The number of hydrogen-bond acceptors (Lipinski definition) is 4. The quantitative estimate of drug-likeness (QED) is 0.593. The van der Waals surface area contributed by atoms with Gasteiger partial charge in [0, 0.05) is 0 Å². The lowest BCUT2D eigenvalue weighted by Gasteiger charge is -2.32. The molecular weight excluding hydrogens is 242 g/mol. The van der Waals surface area contributed by atoms with Crippen LogP contribution in [0.1, 0.15) is 51.4 Å². The Hall–Kier alpha value is -0.610. The minimum Gasteiger partial charge on any atom is -0.468 e. The van der Waals surface area contributed by atoms with E-state index in [9.17, 15) is 4.79 Å². The van der Waals surface area contributed by atoms with E-state index in [1.54, 1.807) is 0 Å². The van der Waals surface area contributed by atoms with E-state index >= 15 is 0 Å². The predicted octanol–water partition coefficient (Wildman–Crippen LogP) is 2.27. The molecule has 0 aromatic rings. The van der Waals surface area contributed by atoms with Gasteiger partial charge in [0.1, 0.15) is 5.54 Å². The van der Waals surface area contributed by atoms with Crippen molar-refractivity contribution in [2.45, 2.75) is 63.0 Å². The van der Waals surface area contributed by atoms with E-state index in [2.05, 4.69) is 5.32 Å². The van der Waals surface area contributed by atoms with Crippen molar-refractivity contribution in [3.05, 3.63) is 0 Å². The molecule has 0 aromatic heterocycles. The SMILES string of the molecule is CNC(COC1CCCCCC1)(C(=O)OC)C1CC1. The minimum atomic E-state index is -0.624. The topological polar surface area (TPSA) is 47.6 Å². The molecule has 0 bridgehead atoms. The van der Waals surface area contributed by atoms with Crippen molar-refractivity contribution in [3.63, 3.8) is 0 Å². The van der Waals surface area contributed by atoms with Gasteiger partial charge in [-0.2, -0.15) is 0 Å². The summed E-state index contributed by atoms with van der Waals surface area (Å²) < 4.78 is 11.1. The molecule has 0 aliphatic heterocycles. The van der Waals surface area contributed by atoms with Gasteiger partial charge in [-0.05, 0) is 38.6 Å². The summed E-state index contributed by atoms with van der Waals surface area (Å²) in [6.45, 7) is 0.450. The predicted molar refractivity (Wildman–Crippen MR) is 74.0 cm³/mol. The Morgan fingerprint density at radius 3 is 2.26 bits per heavy atom. The van der Waals surface area contributed by atoms with Crippen molar-refractivity contribution in [1.29, 1.82) is 0 Å². The summed E-state index contributed by atoms with van der Waals surface area (Å²) in [6, 6.07) is 0. The highest BCUT2D eigenvalue weighted by Gasteiger charge is 2.51. The van der Waals surface area contributed by atoms with Crippen molar-refractivity contribution < 1.29 is 14.3 Å². The van der Waals surface area contributed by atoms with Gasteiger partial charge in [-0.25, -0.2) is 4.79 Å². The molecule has 2 saturated carbocycles. The van der Waals surface area contributed by atoms with Crippen LogP contribution in [0.3, 0.4) is 0 Å². The van der Waals surface area contributed by atoms with Gasteiger partial charge in [0.2, 0.25) is 0 Å². The van der Waals surface area contributed by atoms with E-state index in [4.69, 9.17) is 9.47 Å². The van der Waals surface area contributed by atoms with E-state index in [1.807, 2.05) is 7.05 Å². The first-order valence-corrected chi connectivity index (χ1v) is 7.62. The van der Waals surface area contributed by atoms with E-state index in [-0.39, 0.29) is 5.97 Å². The van der Waals surface area contributed by atoms with Crippen molar-refractivity contribution >= 4 is 5.97 Å². The molecule has 1 N–H and O–H groups in total. The Kier molecular flexibility index (Phi) is 5.22. The van der Waals surface area contributed by atoms with E-state index in [0.717, 1.165) is 25.7 Å². The molecule has 2 fully saturated rings. The molecule has 2 aliphatic carbocycles. The Balaban J connectivity index is 1.93. The summed E-state index contributed by atoms with van der Waals surface area (Å²) >= 11 is 0. The molecule has 19 heavy (non-hydrogen) atoms. The zero-order valence-corrected chi connectivity index (χ0v) is 12.2. The molecule has 0 spiro atoms. The minimum absolute atomic E-state index is 0.175. The molecule has 0 aromatic carbocycles. The number of nitrogens with one attached hydrogen (secondary N) is 1. The first kappa shape index (κ1) is 14.8. The van der Waals surface area contributed by atoms with Crippen LogP contribution in [0.5, 0.6) is 0 Å².